The monoisotopic (exact) mass is 664 g/mol. The van der Waals surface area contributed by atoms with E-state index in [0.717, 1.165) is 60.4 Å². The van der Waals surface area contributed by atoms with Gasteiger partial charge in [0, 0.05) is 32.9 Å². The van der Waals surface area contributed by atoms with Gasteiger partial charge in [-0.2, -0.15) is 0 Å². The Hall–Kier alpha value is -7.12. The Balaban J connectivity index is 1.29. The zero-order chi connectivity index (χ0) is 34.5. The van der Waals surface area contributed by atoms with Crippen molar-refractivity contribution in [1.82, 2.24) is 9.13 Å². The summed E-state index contributed by atoms with van der Waals surface area (Å²) >= 11 is 0. The molecule has 0 unspecified atom stereocenters. The van der Waals surface area contributed by atoms with Gasteiger partial charge in [-0.25, -0.2) is 0 Å². The number of phenols is 5. The highest BCUT2D eigenvalue weighted by molar-refractivity contribution is 6.26. The number of hydrogen-bond donors (Lipinski definition) is 5. The van der Waals surface area contributed by atoms with Gasteiger partial charge in [-0.1, -0.05) is 97.1 Å². The number of fused-ring (bicyclic) bond motifs is 10. The number of nitrogens with zero attached hydrogens (tertiary/aromatic N) is 2. The predicted molar refractivity (Wildman–Crippen MR) is 204 cm³/mol. The first-order valence-electron chi connectivity index (χ1n) is 16.6. The van der Waals surface area contributed by atoms with Crippen LogP contribution in [0.25, 0.3) is 87.7 Å². The van der Waals surface area contributed by atoms with Gasteiger partial charge in [0.1, 0.15) is 0 Å². The minimum Gasteiger partial charge on any atom is -0.504 e. The molecular formula is C44H28N2O5. The van der Waals surface area contributed by atoms with Crippen LogP contribution in [0.2, 0.25) is 0 Å². The summed E-state index contributed by atoms with van der Waals surface area (Å²) in [4.78, 5) is 0. The molecule has 0 atom stereocenters. The molecule has 8 aromatic carbocycles. The fraction of sp³-hybridized carbons (Fsp3) is 0. The molecule has 7 heteroatoms. The van der Waals surface area contributed by atoms with Crippen LogP contribution in [-0.4, -0.2) is 34.7 Å². The molecular weight excluding hydrogens is 636 g/mol. The van der Waals surface area contributed by atoms with E-state index in [-0.39, 0.29) is 5.56 Å². The molecule has 10 aromatic rings. The minimum absolute atomic E-state index is 0.198. The Morgan fingerprint density at radius 2 is 0.941 bits per heavy atom. The molecule has 51 heavy (non-hydrogen) atoms. The molecule has 5 N–H and O–H groups in total. The van der Waals surface area contributed by atoms with Gasteiger partial charge in [-0.15, -0.1) is 0 Å². The summed E-state index contributed by atoms with van der Waals surface area (Å²) in [5.41, 5.74) is 5.95. The lowest BCUT2D eigenvalue weighted by Crippen LogP contribution is -1.96. The molecule has 2 aromatic heterocycles. The van der Waals surface area contributed by atoms with Gasteiger partial charge in [0.2, 0.25) is 17.2 Å². The fourth-order valence-corrected chi connectivity index (χ4v) is 7.95. The highest BCUT2D eigenvalue weighted by Gasteiger charge is 2.25. The maximum Gasteiger partial charge on any atom is 0.208 e. The zero-order valence-electron chi connectivity index (χ0n) is 26.9. The van der Waals surface area contributed by atoms with E-state index < -0.39 is 28.7 Å². The summed E-state index contributed by atoms with van der Waals surface area (Å²) in [6, 6.07) is 47.5. The molecule has 0 fully saturated rings. The van der Waals surface area contributed by atoms with E-state index in [0.29, 0.717) is 5.56 Å². The predicted octanol–water partition coefficient (Wildman–Crippen LogP) is 10.4. The second kappa shape index (κ2) is 10.4. The van der Waals surface area contributed by atoms with Crippen molar-refractivity contribution in [2.75, 3.05) is 0 Å². The lowest BCUT2D eigenvalue weighted by atomic mass is 10.0. The maximum absolute atomic E-state index is 10.8. The van der Waals surface area contributed by atoms with Crippen LogP contribution in [0.1, 0.15) is 0 Å². The quantitative estimate of drug-likeness (QED) is 0.0733. The van der Waals surface area contributed by atoms with E-state index in [9.17, 15) is 25.5 Å². The molecule has 0 bridgehead atoms. The summed E-state index contributed by atoms with van der Waals surface area (Å²) < 4.78 is 4.49. The standard InChI is InChI=1S/C44H28N2O5/c47-40-37(41(48)43(50)44(51)42(40)49)26-9-7-10-27(23-26)46-34-14-5-3-12-31(34)32-20-21-36-38(39(32)46)33-13-4-6-15-35(33)45(36)28-18-19-30-25(22-28)17-16-24-8-1-2-11-29(24)30/h1-23,47-51H. The molecule has 7 nitrogen and oxygen atoms in total. The Labute approximate surface area is 290 Å². The Morgan fingerprint density at radius 1 is 0.353 bits per heavy atom. The van der Waals surface area contributed by atoms with Gasteiger partial charge >= 0.3 is 0 Å². The SMILES string of the molecule is Oc1c(O)c(O)c(-c2cccc(-n3c4ccccc4c4ccc5c(c6ccccc6n5-c5ccc6c(ccc7ccccc76)c5)c43)c2)c(O)c1O. The van der Waals surface area contributed by atoms with Crippen molar-refractivity contribution in [3.8, 4) is 51.2 Å². The first kappa shape index (κ1) is 28.9. The average molecular weight is 665 g/mol. The van der Waals surface area contributed by atoms with Gasteiger partial charge in [0.25, 0.3) is 0 Å². The van der Waals surface area contributed by atoms with Crippen LogP contribution in [0.4, 0.5) is 0 Å². The summed E-state index contributed by atoms with van der Waals surface area (Å²) in [5, 5.41) is 61.3. The third-order valence-corrected chi connectivity index (χ3v) is 10.2. The molecule has 0 aliphatic heterocycles. The number of rotatable bonds is 3. The molecule has 0 radical (unpaired) electrons. The lowest BCUT2D eigenvalue weighted by molar-refractivity contribution is 0.330. The number of aromatic nitrogens is 2. The van der Waals surface area contributed by atoms with E-state index in [4.69, 9.17) is 0 Å². The smallest absolute Gasteiger partial charge is 0.208 e. The molecule has 2 heterocycles. The Kier molecular flexibility index (Phi) is 5.91. The second-order valence-corrected chi connectivity index (χ2v) is 12.9. The number of aromatic hydroxyl groups is 5. The van der Waals surface area contributed by atoms with Crippen molar-refractivity contribution >= 4 is 65.2 Å². The summed E-state index contributed by atoms with van der Waals surface area (Å²) in [6.07, 6.45) is 0. The lowest BCUT2D eigenvalue weighted by Gasteiger charge is -2.15. The largest absolute Gasteiger partial charge is 0.504 e. The minimum atomic E-state index is -0.995. The molecule has 244 valence electrons. The van der Waals surface area contributed by atoms with Crippen LogP contribution < -0.4 is 0 Å². The maximum atomic E-state index is 10.8. The van der Waals surface area contributed by atoms with Crippen LogP contribution in [0.5, 0.6) is 28.7 Å². The first-order valence-corrected chi connectivity index (χ1v) is 16.6. The third kappa shape index (κ3) is 3.94. The van der Waals surface area contributed by atoms with Gasteiger partial charge < -0.3 is 34.7 Å². The zero-order valence-corrected chi connectivity index (χ0v) is 26.9. The number of phenolic OH excluding ortho intramolecular Hbond substituents is 5. The van der Waals surface area contributed by atoms with Crippen molar-refractivity contribution < 1.29 is 25.5 Å². The average Bonchev–Trinajstić information content (AvgIpc) is 3.69. The summed E-state index contributed by atoms with van der Waals surface area (Å²) in [7, 11) is 0. The molecule has 10 rings (SSSR count). The van der Waals surface area contributed by atoms with Crippen LogP contribution >= 0.6 is 0 Å². The summed E-state index contributed by atoms with van der Waals surface area (Å²) in [6.45, 7) is 0. The molecule has 0 amide bonds. The number of benzene rings is 8. The molecule has 0 aliphatic carbocycles. The van der Waals surface area contributed by atoms with Crippen molar-refractivity contribution in [2.45, 2.75) is 0 Å². The Morgan fingerprint density at radius 3 is 1.73 bits per heavy atom. The Bertz CT molecular complexity index is 3070. The molecule has 0 spiro atoms. The van der Waals surface area contributed by atoms with Gasteiger partial charge in [0.15, 0.2) is 11.5 Å². The molecule has 0 saturated carbocycles. The van der Waals surface area contributed by atoms with Crippen LogP contribution in [0.15, 0.2) is 140 Å². The third-order valence-electron chi connectivity index (χ3n) is 10.2. The van der Waals surface area contributed by atoms with Crippen LogP contribution in [-0.2, 0) is 0 Å². The van der Waals surface area contributed by atoms with Crippen LogP contribution in [0, 0.1) is 0 Å². The topological polar surface area (TPSA) is 111 Å². The van der Waals surface area contributed by atoms with Gasteiger partial charge in [-0.3, -0.25) is 0 Å². The van der Waals surface area contributed by atoms with Crippen molar-refractivity contribution in [3.05, 3.63) is 140 Å². The number of hydrogen-bond acceptors (Lipinski definition) is 5. The summed E-state index contributed by atoms with van der Waals surface area (Å²) in [5.74, 6) is -4.31. The van der Waals surface area contributed by atoms with Gasteiger partial charge in [0.05, 0.1) is 27.6 Å². The highest BCUT2D eigenvalue weighted by Crippen LogP contribution is 2.55. The number of para-hydroxylation sites is 2. The van der Waals surface area contributed by atoms with E-state index in [2.05, 4.69) is 112 Å². The molecule has 0 saturated heterocycles. The van der Waals surface area contributed by atoms with Gasteiger partial charge in [-0.05, 0) is 69.6 Å². The van der Waals surface area contributed by atoms with Crippen molar-refractivity contribution in [2.24, 2.45) is 0 Å². The van der Waals surface area contributed by atoms with Crippen LogP contribution in [0.3, 0.4) is 0 Å². The van der Waals surface area contributed by atoms with E-state index in [1.807, 2.05) is 18.2 Å². The van der Waals surface area contributed by atoms with E-state index in [1.54, 1.807) is 18.2 Å². The second-order valence-electron chi connectivity index (χ2n) is 12.9. The molecule has 0 aliphatic rings. The first-order chi connectivity index (χ1) is 24.9. The van der Waals surface area contributed by atoms with E-state index >= 15 is 0 Å². The van der Waals surface area contributed by atoms with Crippen molar-refractivity contribution in [1.29, 1.82) is 0 Å². The normalized spacial score (nSPS) is 11.9. The fourth-order valence-electron chi connectivity index (χ4n) is 7.95. The van der Waals surface area contributed by atoms with E-state index in [1.165, 1.54) is 16.2 Å². The highest BCUT2D eigenvalue weighted by atomic mass is 16.4. The van der Waals surface area contributed by atoms with Crippen molar-refractivity contribution in [3.63, 3.8) is 0 Å².